The van der Waals surface area contributed by atoms with Crippen LogP contribution >= 0.6 is 11.3 Å². The number of amides is 1. The van der Waals surface area contributed by atoms with Gasteiger partial charge in [-0.3, -0.25) is 4.79 Å². The Kier molecular flexibility index (Phi) is 4.06. The number of thiophene rings is 1. The van der Waals surface area contributed by atoms with Crippen LogP contribution in [0.5, 0.6) is 0 Å². The van der Waals surface area contributed by atoms with E-state index in [4.69, 9.17) is 10.5 Å². The number of ether oxygens (including phenoxy) is 2. The first-order valence-corrected chi connectivity index (χ1v) is 6.69. The number of morpholine rings is 1. The maximum Gasteiger partial charge on any atom is 0.336 e. The van der Waals surface area contributed by atoms with Crippen LogP contribution in [0, 0.1) is 6.92 Å². The number of carbonyl (C=O) groups is 2. The number of rotatable bonds is 2. The van der Waals surface area contributed by atoms with E-state index in [-0.39, 0.29) is 12.5 Å². The van der Waals surface area contributed by atoms with Gasteiger partial charge in [0.05, 0.1) is 25.1 Å². The van der Waals surface area contributed by atoms with Gasteiger partial charge in [-0.15, -0.1) is 11.3 Å². The molecule has 1 aromatic heterocycles. The predicted molar refractivity (Wildman–Crippen MR) is 71.1 cm³/mol. The van der Waals surface area contributed by atoms with E-state index in [0.29, 0.717) is 23.7 Å². The Balaban J connectivity index is 2.09. The van der Waals surface area contributed by atoms with Crippen molar-refractivity contribution in [3.05, 3.63) is 15.8 Å². The van der Waals surface area contributed by atoms with Crippen LogP contribution in [0.2, 0.25) is 0 Å². The van der Waals surface area contributed by atoms with Crippen molar-refractivity contribution < 1.29 is 19.1 Å². The molecule has 2 rings (SSSR count). The van der Waals surface area contributed by atoms with Crippen LogP contribution in [0.4, 0.5) is 5.69 Å². The van der Waals surface area contributed by atoms with Crippen molar-refractivity contribution in [1.29, 1.82) is 0 Å². The van der Waals surface area contributed by atoms with Gasteiger partial charge in [0, 0.05) is 17.1 Å². The van der Waals surface area contributed by atoms with Crippen LogP contribution in [0.1, 0.15) is 14.5 Å². The average Bonchev–Trinajstić information content (AvgIpc) is 2.77. The van der Waals surface area contributed by atoms with Gasteiger partial charge < -0.3 is 20.1 Å². The summed E-state index contributed by atoms with van der Waals surface area (Å²) in [6.45, 7) is 2.87. The van der Waals surface area contributed by atoms with Crippen LogP contribution in [0.3, 0.4) is 0 Å². The van der Waals surface area contributed by atoms with E-state index in [1.54, 1.807) is 11.0 Å². The highest BCUT2D eigenvalue weighted by Gasteiger charge is 2.31. The van der Waals surface area contributed by atoms with Crippen LogP contribution in [-0.4, -0.2) is 49.7 Å². The molecule has 0 saturated carbocycles. The van der Waals surface area contributed by atoms with Crippen molar-refractivity contribution >= 4 is 28.9 Å². The van der Waals surface area contributed by atoms with E-state index in [1.807, 2.05) is 6.92 Å². The average molecular weight is 284 g/mol. The summed E-state index contributed by atoms with van der Waals surface area (Å²) in [4.78, 5) is 26.8. The lowest BCUT2D eigenvalue weighted by atomic mass is 10.2. The molecule has 1 atom stereocenters. The molecule has 0 spiro atoms. The topological polar surface area (TPSA) is 81.9 Å². The summed E-state index contributed by atoms with van der Waals surface area (Å²) in [5, 5.41) is 0. The standard InChI is InChI=1S/C12H16N2O4S/c1-7-8(13)5-10(19-7)11(15)14-3-4-18-9(6-14)12(16)17-2/h5,9H,3-4,6,13H2,1-2H3. The van der Waals surface area contributed by atoms with Crippen LogP contribution in [0.15, 0.2) is 6.07 Å². The smallest absolute Gasteiger partial charge is 0.336 e. The highest BCUT2D eigenvalue weighted by molar-refractivity contribution is 7.14. The highest BCUT2D eigenvalue weighted by Crippen LogP contribution is 2.25. The third-order valence-electron chi connectivity index (χ3n) is 2.98. The van der Waals surface area contributed by atoms with E-state index in [9.17, 15) is 9.59 Å². The second-order valence-electron chi connectivity index (χ2n) is 4.26. The monoisotopic (exact) mass is 284 g/mol. The first kappa shape index (κ1) is 13.8. The lowest BCUT2D eigenvalue weighted by Gasteiger charge is -2.31. The number of nitrogens with two attached hydrogens (primary N) is 1. The van der Waals surface area contributed by atoms with Crippen LogP contribution in [0.25, 0.3) is 0 Å². The van der Waals surface area contributed by atoms with Crippen molar-refractivity contribution in [3.8, 4) is 0 Å². The summed E-state index contributed by atoms with van der Waals surface area (Å²) >= 11 is 1.36. The Morgan fingerprint density at radius 1 is 1.58 bits per heavy atom. The molecular weight excluding hydrogens is 268 g/mol. The normalized spacial score (nSPS) is 19.3. The predicted octanol–water partition coefficient (Wildman–Crippen LogP) is 0.653. The van der Waals surface area contributed by atoms with Crippen LogP contribution in [-0.2, 0) is 14.3 Å². The number of nitrogens with zero attached hydrogens (tertiary/aromatic N) is 1. The minimum atomic E-state index is -0.707. The third-order valence-corrected chi connectivity index (χ3v) is 4.04. The molecule has 2 N–H and O–H groups in total. The summed E-state index contributed by atoms with van der Waals surface area (Å²) in [5.74, 6) is -0.582. The third kappa shape index (κ3) is 2.87. The summed E-state index contributed by atoms with van der Waals surface area (Å²) in [6, 6.07) is 1.67. The number of hydrogen-bond donors (Lipinski definition) is 1. The molecular formula is C12H16N2O4S. The Hall–Kier alpha value is -1.60. The molecule has 0 aliphatic carbocycles. The van der Waals surface area contributed by atoms with Crippen LogP contribution < -0.4 is 5.73 Å². The van der Waals surface area contributed by atoms with Gasteiger partial charge in [-0.25, -0.2) is 4.79 Å². The molecule has 2 heterocycles. The molecule has 1 saturated heterocycles. The second kappa shape index (κ2) is 5.58. The fourth-order valence-electron chi connectivity index (χ4n) is 1.87. The maximum absolute atomic E-state index is 12.3. The lowest BCUT2D eigenvalue weighted by molar-refractivity contribution is -0.158. The Morgan fingerprint density at radius 3 is 2.89 bits per heavy atom. The molecule has 104 valence electrons. The van der Waals surface area contributed by atoms with E-state index in [2.05, 4.69) is 4.74 Å². The number of carbonyl (C=O) groups excluding carboxylic acids is 2. The summed E-state index contributed by atoms with van der Waals surface area (Å²) < 4.78 is 9.91. The number of esters is 1. The number of nitrogen functional groups attached to an aromatic ring is 1. The molecule has 1 aliphatic rings. The molecule has 0 bridgehead atoms. The Morgan fingerprint density at radius 2 is 2.32 bits per heavy atom. The zero-order valence-corrected chi connectivity index (χ0v) is 11.7. The SMILES string of the molecule is COC(=O)C1CN(C(=O)c2cc(N)c(C)s2)CCO1. The van der Waals surface area contributed by atoms with Crippen molar-refractivity contribution in [1.82, 2.24) is 4.90 Å². The lowest BCUT2D eigenvalue weighted by Crippen LogP contribution is -2.48. The molecule has 0 radical (unpaired) electrons. The molecule has 7 heteroatoms. The van der Waals surface area contributed by atoms with Crippen molar-refractivity contribution in [2.24, 2.45) is 0 Å². The Labute approximate surface area is 115 Å². The summed E-state index contributed by atoms with van der Waals surface area (Å²) in [6.07, 6.45) is -0.707. The van der Waals surface area contributed by atoms with Gasteiger partial charge >= 0.3 is 5.97 Å². The molecule has 1 amide bonds. The van der Waals surface area contributed by atoms with E-state index < -0.39 is 12.1 Å². The number of aryl methyl sites for hydroxylation is 1. The fraction of sp³-hybridized carbons (Fsp3) is 0.500. The Bertz CT molecular complexity index is 480. The summed E-state index contributed by atoms with van der Waals surface area (Å²) in [5.41, 5.74) is 6.36. The summed E-state index contributed by atoms with van der Waals surface area (Å²) in [7, 11) is 1.30. The van der Waals surface area contributed by atoms with Gasteiger partial charge in [0.2, 0.25) is 0 Å². The maximum atomic E-state index is 12.3. The van der Waals surface area contributed by atoms with Crippen molar-refractivity contribution in [2.45, 2.75) is 13.0 Å². The van der Waals surface area contributed by atoms with Gasteiger partial charge in [-0.2, -0.15) is 0 Å². The minimum Gasteiger partial charge on any atom is -0.467 e. The molecule has 0 aromatic carbocycles. The first-order valence-electron chi connectivity index (χ1n) is 5.87. The molecule has 1 fully saturated rings. The van der Waals surface area contributed by atoms with Crippen molar-refractivity contribution in [2.75, 3.05) is 32.5 Å². The largest absolute Gasteiger partial charge is 0.467 e. The second-order valence-corrected chi connectivity index (χ2v) is 5.51. The first-order chi connectivity index (χ1) is 9.02. The number of anilines is 1. The van der Waals surface area contributed by atoms with Gasteiger partial charge in [-0.1, -0.05) is 0 Å². The van der Waals surface area contributed by atoms with Gasteiger partial charge in [0.25, 0.3) is 5.91 Å². The number of hydrogen-bond acceptors (Lipinski definition) is 6. The van der Waals surface area contributed by atoms with Crippen molar-refractivity contribution in [3.63, 3.8) is 0 Å². The van der Waals surface area contributed by atoms with Gasteiger partial charge in [-0.05, 0) is 13.0 Å². The molecule has 1 aromatic rings. The van der Waals surface area contributed by atoms with Gasteiger partial charge in [0.15, 0.2) is 6.10 Å². The molecule has 6 nitrogen and oxygen atoms in total. The van der Waals surface area contributed by atoms with Gasteiger partial charge in [0.1, 0.15) is 0 Å². The zero-order valence-electron chi connectivity index (χ0n) is 10.8. The minimum absolute atomic E-state index is 0.123. The highest BCUT2D eigenvalue weighted by atomic mass is 32.1. The quantitative estimate of drug-likeness (QED) is 0.806. The fourth-order valence-corrected chi connectivity index (χ4v) is 2.77. The zero-order chi connectivity index (χ0) is 14.0. The molecule has 1 unspecified atom stereocenters. The molecule has 19 heavy (non-hydrogen) atoms. The molecule has 1 aliphatic heterocycles. The van der Waals surface area contributed by atoms with E-state index in [0.717, 1.165) is 4.88 Å². The number of methoxy groups -OCH3 is 1. The van der Waals surface area contributed by atoms with E-state index in [1.165, 1.54) is 18.4 Å². The van der Waals surface area contributed by atoms with E-state index >= 15 is 0 Å².